The molecule has 1 aromatic rings. The van der Waals surface area contributed by atoms with Gasteiger partial charge in [-0.3, -0.25) is 0 Å². The average Bonchev–Trinajstić information content (AvgIpc) is 2.62. The maximum absolute atomic E-state index is 5.92. The van der Waals surface area contributed by atoms with Crippen LogP contribution in [0.15, 0.2) is 12.1 Å². The number of likely N-dealkylation sites (N-methyl/N-ethyl adjacent to an activating group) is 1. The molecular formula is C12H20ClNS. The van der Waals surface area contributed by atoms with Crippen molar-refractivity contribution in [1.82, 2.24) is 5.32 Å². The highest BCUT2D eigenvalue weighted by Crippen LogP contribution is 2.24. The number of rotatable bonds is 6. The summed E-state index contributed by atoms with van der Waals surface area (Å²) >= 11 is 7.61. The fourth-order valence-electron chi connectivity index (χ4n) is 1.66. The second-order valence-electron chi connectivity index (χ2n) is 4.14. The molecule has 3 heteroatoms. The predicted octanol–water partition coefficient (Wildman–Crippen LogP) is 3.97. The molecule has 1 heterocycles. The lowest BCUT2D eigenvalue weighted by molar-refractivity contribution is 0.412. The summed E-state index contributed by atoms with van der Waals surface area (Å²) in [7, 11) is 2.04. The molecule has 1 rings (SSSR count). The topological polar surface area (TPSA) is 12.0 Å². The Morgan fingerprint density at radius 2 is 2.20 bits per heavy atom. The van der Waals surface area contributed by atoms with E-state index in [-0.39, 0.29) is 0 Å². The lowest BCUT2D eigenvalue weighted by atomic mass is 9.97. The van der Waals surface area contributed by atoms with E-state index in [2.05, 4.69) is 25.2 Å². The van der Waals surface area contributed by atoms with Crippen molar-refractivity contribution in [3.05, 3.63) is 21.3 Å². The van der Waals surface area contributed by atoms with E-state index in [1.165, 1.54) is 17.7 Å². The van der Waals surface area contributed by atoms with Gasteiger partial charge in [0, 0.05) is 10.9 Å². The van der Waals surface area contributed by atoms with Crippen LogP contribution in [0.3, 0.4) is 0 Å². The molecule has 2 atom stereocenters. The Kier molecular flexibility index (Phi) is 5.65. The van der Waals surface area contributed by atoms with E-state index in [9.17, 15) is 0 Å². The van der Waals surface area contributed by atoms with Crippen LogP contribution in [-0.2, 0) is 6.42 Å². The highest BCUT2D eigenvalue weighted by molar-refractivity contribution is 7.16. The number of halogens is 1. The SMILES string of the molecule is CCC(C)CC(Cc1ccc(Cl)s1)NC. The zero-order valence-corrected chi connectivity index (χ0v) is 11.3. The monoisotopic (exact) mass is 245 g/mol. The molecule has 0 aromatic carbocycles. The van der Waals surface area contributed by atoms with Gasteiger partial charge in [0.15, 0.2) is 0 Å². The summed E-state index contributed by atoms with van der Waals surface area (Å²) in [6.45, 7) is 4.56. The maximum atomic E-state index is 5.92. The third-order valence-corrected chi connectivity index (χ3v) is 4.12. The van der Waals surface area contributed by atoms with Crippen molar-refractivity contribution in [2.45, 2.75) is 39.2 Å². The molecule has 1 aromatic heterocycles. The number of thiophene rings is 1. The van der Waals surface area contributed by atoms with Gasteiger partial charge in [-0.1, -0.05) is 31.9 Å². The molecular weight excluding hydrogens is 226 g/mol. The molecule has 0 bridgehead atoms. The van der Waals surface area contributed by atoms with Gasteiger partial charge in [0.05, 0.1) is 4.34 Å². The zero-order valence-electron chi connectivity index (χ0n) is 9.72. The second kappa shape index (κ2) is 6.51. The van der Waals surface area contributed by atoms with Crippen LogP contribution in [0.2, 0.25) is 4.34 Å². The lowest BCUT2D eigenvalue weighted by Gasteiger charge is -2.18. The number of nitrogens with one attached hydrogen (secondary N) is 1. The predicted molar refractivity (Wildman–Crippen MR) is 70.0 cm³/mol. The van der Waals surface area contributed by atoms with Gasteiger partial charge in [-0.05, 0) is 37.9 Å². The molecule has 0 aliphatic rings. The summed E-state index contributed by atoms with van der Waals surface area (Å²) in [4.78, 5) is 1.38. The summed E-state index contributed by atoms with van der Waals surface area (Å²) < 4.78 is 0.892. The molecule has 0 aliphatic carbocycles. The van der Waals surface area contributed by atoms with Crippen LogP contribution in [0.1, 0.15) is 31.6 Å². The first kappa shape index (κ1) is 13.0. The summed E-state index contributed by atoms with van der Waals surface area (Å²) in [5.74, 6) is 0.790. The van der Waals surface area contributed by atoms with Crippen LogP contribution in [0.5, 0.6) is 0 Å². The Labute approximate surface area is 102 Å². The van der Waals surface area contributed by atoms with Gasteiger partial charge in [0.25, 0.3) is 0 Å². The minimum atomic E-state index is 0.578. The molecule has 0 fully saturated rings. The first-order valence-corrected chi connectivity index (χ1v) is 6.76. The van der Waals surface area contributed by atoms with E-state index in [0.29, 0.717) is 6.04 Å². The first-order valence-electron chi connectivity index (χ1n) is 5.57. The summed E-state index contributed by atoms with van der Waals surface area (Å²) in [5.41, 5.74) is 0. The normalized spacial score (nSPS) is 15.2. The van der Waals surface area contributed by atoms with Crippen molar-refractivity contribution < 1.29 is 0 Å². The zero-order chi connectivity index (χ0) is 11.3. The van der Waals surface area contributed by atoms with Crippen LogP contribution >= 0.6 is 22.9 Å². The Morgan fingerprint density at radius 3 is 2.67 bits per heavy atom. The van der Waals surface area contributed by atoms with E-state index in [1.54, 1.807) is 11.3 Å². The summed E-state index contributed by atoms with van der Waals surface area (Å²) in [5, 5.41) is 3.39. The molecule has 0 aliphatic heterocycles. The van der Waals surface area contributed by atoms with Crippen LogP contribution in [0.4, 0.5) is 0 Å². The van der Waals surface area contributed by atoms with Crippen LogP contribution < -0.4 is 5.32 Å². The number of hydrogen-bond donors (Lipinski definition) is 1. The van der Waals surface area contributed by atoms with E-state index in [4.69, 9.17) is 11.6 Å². The lowest BCUT2D eigenvalue weighted by Crippen LogP contribution is -2.29. The fourth-order valence-corrected chi connectivity index (χ4v) is 2.83. The van der Waals surface area contributed by atoms with Gasteiger partial charge in [0.2, 0.25) is 0 Å². The third kappa shape index (κ3) is 4.54. The molecule has 0 saturated carbocycles. The molecule has 2 unspecified atom stereocenters. The fraction of sp³-hybridized carbons (Fsp3) is 0.667. The molecule has 0 amide bonds. The van der Waals surface area contributed by atoms with Crippen molar-refractivity contribution in [3.63, 3.8) is 0 Å². The standard InChI is InChI=1S/C12H20ClNS/c1-4-9(2)7-10(14-3)8-11-5-6-12(13)15-11/h5-6,9-10,14H,4,7-8H2,1-3H3. The van der Waals surface area contributed by atoms with Gasteiger partial charge in [0.1, 0.15) is 0 Å². The van der Waals surface area contributed by atoms with Gasteiger partial charge in [-0.25, -0.2) is 0 Å². The maximum Gasteiger partial charge on any atom is 0.0931 e. The molecule has 15 heavy (non-hydrogen) atoms. The van der Waals surface area contributed by atoms with Crippen molar-refractivity contribution in [2.75, 3.05) is 7.05 Å². The summed E-state index contributed by atoms with van der Waals surface area (Å²) in [6.07, 6.45) is 3.59. The molecule has 0 saturated heterocycles. The van der Waals surface area contributed by atoms with E-state index in [1.807, 2.05) is 13.1 Å². The van der Waals surface area contributed by atoms with Gasteiger partial charge < -0.3 is 5.32 Å². The molecule has 1 N–H and O–H groups in total. The Balaban J connectivity index is 2.46. The molecule has 86 valence electrons. The van der Waals surface area contributed by atoms with Crippen LogP contribution in [0, 0.1) is 5.92 Å². The first-order chi connectivity index (χ1) is 7.15. The van der Waals surface area contributed by atoms with Gasteiger partial charge >= 0.3 is 0 Å². The minimum Gasteiger partial charge on any atom is -0.317 e. The number of hydrogen-bond acceptors (Lipinski definition) is 2. The Hall–Kier alpha value is -0.0500. The molecule has 1 nitrogen and oxygen atoms in total. The second-order valence-corrected chi connectivity index (χ2v) is 5.94. The summed E-state index contributed by atoms with van der Waals surface area (Å²) in [6, 6.07) is 4.69. The smallest absolute Gasteiger partial charge is 0.0931 e. The minimum absolute atomic E-state index is 0.578. The van der Waals surface area contributed by atoms with Crippen molar-refractivity contribution in [1.29, 1.82) is 0 Å². The van der Waals surface area contributed by atoms with Gasteiger partial charge in [-0.2, -0.15) is 0 Å². The van der Waals surface area contributed by atoms with Crippen LogP contribution in [-0.4, -0.2) is 13.1 Å². The highest BCUT2D eigenvalue weighted by Gasteiger charge is 2.12. The van der Waals surface area contributed by atoms with E-state index < -0.39 is 0 Å². The largest absolute Gasteiger partial charge is 0.317 e. The highest BCUT2D eigenvalue weighted by atomic mass is 35.5. The van der Waals surface area contributed by atoms with Crippen molar-refractivity contribution >= 4 is 22.9 Å². The third-order valence-electron chi connectivity index (χ3n) is 2.87. The Morgan fingerprint density at radius 1 is 1.47 bits per heavy atom. The Bertz CT molecular complexity index is 285. The van der Waals surface area contributed by atoms with Gasteiger partial charge in [-0.15, -0.1) is 11.3 Å². The van der Waals surface area contributed by atoms with Crippen molar-refractivity contribution in [2.24, 2.45) is 5.92 Å². The van der Waals surface area contributed by atoms with E-state index in [0.717, 1.165) is 16.7 Å². The van der Waals surface area contributed by atoms with Crippen molar-refractivity contribution in [3.8, 4) is 0 Å². The quantitative estimate of drug-likeness (QED) is 0.800. The van der Waals surface area contributed by atoms with E-state index >= 15 is 0 Å². The molecule has 0 spiro atoms. The van der Waals surface area contributed by atoms with Crippen LogP contribution in [0.25, 0.3) is 0 Å². The average molecular weight is 246 g/mol. The molecule has 0 radical (unpaired) electrons.